The Kier molecular flexibility index (Phi) is 5.95. The van der Waals surface area contributed by atoms with E-state index in [9.17, 15) is 13.2 Å². The number of hydrogen-bond donors (Lipinski definition) is 2. The first kappa shape index (κ1) is 19.2. The summed E-state index contributed by atoms with van der Waals surface area (Å²) >= 11 is 0. The molecule has 0 radical (unpaired) electrons. The first-order valence-electron chi connectivity index (χ1n) is 8.61. The van der Waals surface area contributed by atoms with Crippen LogP contribution in [-0.4, -0.2) is 38.3 Å². The number of nitrogens with one attached hydrogen (secondary N) is 2. The topological polar surface area (TPSA) is 88.2 Å². The molecule has 27 heavy (non-hydrogen) atoms. The fraction of sp³-hybridized carbons (Fsp3) is 0.200. The molecule has 3 aromatic rings. The van der Waals surface area contributed by atoms with E-state index in [1.54, 1.807) is 55.7 Å². The predicted molar refractivity (Wildman–Crippen MR) is 105 cm³/mol. The number of rotatable bonds is 8. The zero-order chi connectivity index (χ0) is 19.3. The van der Waals surface area contributed by atoms with Crippen molar-refractivity contribution < 1.29 is 13.2 Å². The third-order valence-electron chi connectivity index (χ3n) is 4.11. The fourth-order valence-electron chi connectivity index (χ4n) is 2.73. The van der Waals surface area contributed by atoms with Crippen LogP contribution in [0.4, 0.5) is 0 Å². The van der Waals surface area contributed by atoms with E-state index in [2.05, 4.69) is 15.0 Å². The molecule has 0 aliphatic carbocycles. The predicted octanol–water partition coefficient (Wildman–Crippen LogP) is 2.37. The lowest BCUT2D eigenvalue weighted by molar-refractivity contribution is 0.0991. The highest BCUT2D eigenvalue weighted by Crippen LogP contribution is 2.18. The number of sulfonamides is 1. The summed E-state index contributed by atoms with van der Waals surface area (Å²) < 4.78 is 27.8. The number of aromatic nitrogens is 1. The van der Waals surface area contributed by atoms with Crippen molar-refractivity contribution in [1.29, 1.82) is 0 Å². The highest BCUT2D eigenvalue weighted by molar-refractivity contribution is 7.89. The van der Waals surface area contributed by atoms with Crippen molar-refractivity contribution in [2.24, 2.45) is 0 Å². The van der Waals surface area contributed by atoms with Crippen molar-refractivity contribution in [3.05, 3.63) is 72.6 Å². The molecule has 0 aliphatic heterocycles. The maximum atomic E-state index is 12.6. The second-order valence-electron chi connectivity index (χ2n) is 6.33. The molecule has 6 nitrogen and oxygen atoms in total. The van der Waals surface area contributed by atoms with Crippen LogP contribution in [0, 0.1) is 0 Å². The van der Waals surface area contributed by atoms with Crippen molar-refractivity contribution >= 4 is 26.6 Å². The Morgan fingerprint density at radius 2 is 1.85 bits per heavy atom. The Labute approximate surface area is 158 Å². The summed E-state index contributed by atoms with van der Waals surface area (Å²) in [7, 11) is -3.65. The number of ketones is 1. The molecule has 140 valence electrons. The molecule has 0 unspecified atom stereocenters. The van der Waals surface area contributed by atoms with Gasteiger partial charge in [-0.25, -0.2) is 13.1 Å². The molecule has 0 amide bonds. The fourth-order valence-corrected chi connectivity index (χ4v) is 4.01. The lowest BCUT2D eigenvalue weighted by Gasteiger charge is -2.15. The maximum absolute atomic E-state index is 12.6. The minimum absolute atomic E-state index is 0.0335. The van der Waals surface area contributed by atoms with Gasteiger partial charge in [-0.2, -0.15) is 0 Å². The molecule has 1 heterocycles. The van der Waals surface area contributed by atoms with Crippen LogP contribution < -0.4 is 10.0 Å². The quantitative estimate of drug-likeness (QED) is 0.583. The smallest absolute Gasteiger partial charge is 0.240 e. The van der Waals surface area contributed by atoms with Gasteiger partial charge < -0.3 is 5.32 Å². The van der Waals surface area contributed by atoms with Crippen molar-refractivity contribution in [3.8, 4) is 0 Å². The second kappa shape index (κ2) is 8.39. The van der Waals surface area contributed by atoms with E-state index in [4.69, 9.17) is 0 Å². The van der Waals surface area contributed by atoms with Crippen molar-refractivity contribution in [2.75, 3.05) is 13.1 Å². The summed E-state index contributed by atoms with van der Waals surface area (Å²) in [6.07, 6.45) is 3.32. The monoisotopic (exact) mass is 383 g/mol. The average Bonchev–Trinajstić information content (AvgIpc) is 2.67. The van der Waals surface area contributed by atoms with E-state index < -0.39 is 10.0 Å². The minimum atomic E-state index is -3.65. The van der Waals surface area contributed by atoms with Gasteiger partial charge in [0, 0.05) is 35.9 Å². The summed E-state index contributed by atoms with van der Waals surface area (Å²) in [5.74, 6) is -0.0335. The summed E-state index contributed by atoms with van der Waals surface area (Å²) in [6, 6.07) is 15.3. The van der Waals surface area contributed by atoms with E-state index in [0.29, 0.717) is 12.1 Å². The number of benzene rings is 2. The zero-order valence-electron chi connectivity index (χ0n) is 14.9. The molecular weight excluding hydrogens is 362 g/mol. The summed E-state index contributed by atoms with van der Waals surface area (Å²) in [5.41, 5.74) is 0.629. The van der Waals surface area contributed by atoms with Gasteiger partial charge in [0.15, 0.2) is 5.78 Å². The number of pyridine rings is 1. The molecule has 3 rings (SSSR count). The molecule has 1 aromatic heterocycles. The Morgan fingerprint density at radius 1 is 1.07 bits per heavy atom. The molecule has 0 aliphatic rings. The van der Waals surface area contributed by atoms with Gasteiger partial charge in [-0.1, -0.05) is 36.4 Å². The van der Waals surface area contributed by atoms with Crippen LogP contribution in [0.2, 0.25) is 0 Å². The first-order valence-corrected chi connectivity index (χ1v) is 10.1. The van der Waals surface area contributed by atoms with E-state index in [0.717, 1.165) is 10.8 Å². The Morgan fingerprint density at radius 3 is 2.63 bits per heavy atom. The molecule has 0 saturated carbocycles. The number of nitrogens with zero attached hydrogens (tertiary/aromatic N) is 1. The molecule has 0 spiro atoms. The van der Waals surface area contributed by atoms with Gasteiger partial charge >= 0.3 is 0 Å². The van der Waals surface area contributed by atoms with Gasteiger partial charge in [-0.3, -0.25) is 9.78 Å². The van der Waals surface area contributed by atoms with Crippen LogP contribution in [0.1, 0.15) is 17.3 Å². The molecule has 0 saturated heterocycles. The molecule has 0 bridgehead atoms. The standard InChI is InChI=1S/C20H21N3O3S/c1-15(12-22-14-20(24)16-5-3-2-4-6-16)23-27(25,26)19-8-7-18-13-21-10-9-17(18)11-19/h2-11,13,15,22-23H,12,14H2,1H3/t15-/m1/s1. The van der Waals surface area contributed by atoms with Gasteiger partial charge in [0.2, 0.25) is 10.0 Å². The summed E-state index contributed by atoms with van der Waals surface area (Å²) in [6.45, 7) is 2.25. The average molecular weight is 383 g/mol. The highest BCUT2D eigenvalue weighted by atomic mass is 32.2. The second-order valence-corrected chi connectivity index (χ2v) is 8.04. The number of fused-ring (bicyclic) bond motifs is 1. The van der Waals surface area contributed by atoms with Gasteiger partial charge in [-0.05, 0) is 30.5 Å². The number of carbonyl (C=O) groups excluding carboxylic acids is 1. The van der Waals surface area contributed by atoms with Gasteiger partial charge in [0.05, 0.1) is 11.4 Å². The van der Waals surface area contributed by atoms with E-state index in [-0.39, 0.29) is 23.3 Å². The maximum Gasteiger partial charge on any atom is 0.240 e. The van der Waals surface area contributed by atoms with Crippen LogP contribution in [-0.2, 0) is 10.0 Å². The van der Waals surface area contributed by atoms with Gasteiger partial charge in [0.25, 0.3) is 0 Å². The van der Waals surface area contributed by atoms with Crippen molar-refractivity contribution in [1.82, 2.24) is 15.0 Å². The van der Waals surface area contributed by atoms with Crippen LogP contribution in [0.25, 0.3) is 10.8 Å². The van der Waals surface area contributed by atoms with Gasteiger partial charge in [-0.15, -0.1) is 0 Å². The molecule has 7 heteroatoms. The summed E-state index contributed by atoms with van der Waals surface area (Å²) in [5, 5.41) is 4.69. The van der Waals surface area contributed by atoms with Crippen LogP contribution in [0.3, 0.4) is 0 Å². The molecule has 2 aromatic carbocycles. The third kappa shape index (κ3) is 4.97. The lowest BCUT2D eigenvalue weighted by Crippen LogP contribution is -2.41. The SMILES string of the molecule is C[C@H](CNCC(=O)c1ccccc1)NS(=O)(=O)c1ccc2cnccc2c1. The molecular formula is C20H21N3O3S. The normalized spacial score (nSPS) is 12.8. The lowest BCUT2D eigenvalue weighted by atomic mass is 10.1. The Bertz CT molecular complexity index is 1040. The van der Waals surface area contributed by atoms with Crippen molar-refractivity contribution in [2.45, 2.75) is 17.9 Å². The van der Waals surface area contributed by atoms with E-state index in [1.807, 2.05) is 18.2 Å². The number of carbonyl (C=O) groups is 1. The third-order valence-corrected chi connectivity index (χ3v) is 5.70. The van der Waals surface area contributed by atoms with Crippen LogP contribution >= 0.6 is 0 Å². The molecule has 0 fully saturated rings. The molecule has 1 atom stereocenters. The highest BCUT2D eigenvalue weighted by Gasteiger charge is 2.18. The van der Waals surface area contributed by atoms with E-state index >= 15 is 0 Å². The van der Waals surface area contributed by atoms with Crippen molar-refractivity contribution in [3.63, 3.8) is 0 Å². The minimum Gasteiger partial charge on any atom is -0.308 e. The molecule has 2 N–H and O–H groups in total. The van der Waals surface area contributed by atoms with Crippen LogP contribution in [0.15, 0.2) is 71.9 Å². The van der Waals surface area contributed by atoms with Gasteiger partial charge in [0.1, 0.15) is 0 Å². The largest absolute Gasteiger partial charge is 0.308 e. The van der Waals surface area contributed by atoms with E-state index in [1.165, 1.54) is 0 Å². The first-order chi connectivity index (χ1) is 13.0. The summed E-state index contributed by atoms with van der Waals surface area (Å²) in [4.78, 5) is 16.3. The number of hydrogen-bond acceptors (Lipinski definition) is 5. The number of Topliss-reactive ketones (excluding diaryl/α,β-unsaturated/α-hetero) is 1. The zero-order valence-corrected chi connectivity index (χ0v) is 15.7. The Balaban J connectivity index is 1.57. The Hall–Kier alpha value is -2.61. The van der Waals surface area contributed by atoms with Crippen LogP contribution in [0.5, 0.6) is 0 Å².